The normalized spacial score (nSPS) is 10.2. The maximum absolute atomic E-state index is 13.0. The lowest BCUT2D eigenvalue weighted by Gasteiger charge is -1.93. The standard InChI is InChI=1S/C8H3ClFN3/c9-5-1-4(2-11)13-8-6(10)3-12-7(5)8/h1,3,12H. The summed E-state index contributed by atoms with van der Waals surface area (Å²) in [5, 5.41) is 8.84. The molecule has 3 nitrogen and oxygen atoms in total. The first-order chi connectivity index (χ1) is 6.22. The van der Waals surface area contributed by atoms with Crippen molar-refractivity contribution in [3.63, 3.8) is 0 Å². The maximum atomic E-state index is 13.0. The average Bonchev–Trinajstić information content (AvgIpc) is 2.48. The molecule has 0 aromatic carbocycles. The molecule has 0 atom stereocenters. The largest absolute Gasteiger partial charge is 0.356 e. The second kappa shape index (κ2) is 2.71. The topological polar surface area (TPSA) is 52.5 Å². The van der Waals surface area contributed by atoms with Crippen molar-refractivity contribution < 1.29 is 4.39 Å². The summed E-state index contributed by atoms with van der Waals surface area (Å²) in [6, 6.07) is 3.19. The van der Waals surface area contributed by atoms with Crippen molar-refractivity contribution in [2.45, 2.75) is 0 Å². The van der Waals surface area contributed by atoms with Crippen molar-refractivity contribution in [3.05, 3.63) is 28.8 Å². The van der Waals surface area contributed by atoms with Crippen LogP contribution < -0.4 is 0 Å². The number of nitriles is 1. The Morgan fingerprint density at radius 2 is 2.38 bits per heavy atom. The van der Waals surface area contributed by atoms with E-state index in [0.29, 0.717) is 10.5 Å². The van der Waals surface area contributed by atoms with Gasteiger partial charge in [-0.15, -0.1) is 0 Å². The highest BCUT2D eigenvalue weighted by atomic mass is 35.5. The van der Waals surface area contributed by atoms with Crippen LogP contribution in [0.2, 0.25) is 5.02 Å². The molecule has 0 spiro atoms. The summed E-state index contributed by atoms with van der Waals surface area (Å²) in [5.74, 6) is -0.506. The number of hydrogen-bond donors (Lipinski definition) is 1. The Morgan fingerprint density at radius 3 is 3.08 bits per heavy atom. The van der Waals surface area contributed by atoms with Gasteiger partial charge in [0.1, 0.15) is 17.3 Å². The van der Waals surface area contributed by atoms with E-state index in [1.807, 2.05) is 0 Å². The summed E-state index contributed by atoms with van der Waals surface area (Å²) in [7, 11) is 0. The Morgan fingerprint density at radius 1 is 1.62 bits per heavy atom. The van der Waals surface area contributed by atoms with Gasteiger partial charge in [-0.2, -0.15) is 5.26 Å². The van der Waals surface area contributed by atoms with Gasteiger partial charge in [-0.3, -0.25) is 0 Å². The summed E-state index contributed by atoms with van der Waals surface area (Å²) < 4.78 is 13.0. The highest BCUT2D eigenvalue weighted by Gasteiger charge is 2.09. The van der Waals surface area contributed by atoms with Gasteiger partial charge < -0.3 is 4.98 Å². The highest BCUT2D eigenvalue weighted by molar-refractivity contribution is 6.35. The van der Waals surface area contributed by atoms with Gasteiger partial charge in [-0.1, -0.05) is 11.6 Å². The molecule has 1 N–H and O–H groups in total. The van der Waals surface area contributed by atoms with Crippen molar-refractivity contribution in [1.82, 2.24) is 9.97 Å². The molecule has 2 aromatic rings. The van der Waals surface area contributed by atoms with E-state index in [-0.39, 0.29) is 11.2 Å². The lowest BCUT2D eigenvalue weighted by atomic mass is 10.3. The molecule has 0 saturated carbocycles. The number of aromatic nitrogens is 2. The number of nitrogens with zero attached hydrogens (tertiary/aromatic N) is 2. The van der Waals surface area contributed by atoms with E-state index < -0.39 is 5.82 Å². The van der Waals surface area contributed by atoms with Crippen LogP contribution >= 0.6 is 11.6 Å². The molecule has 5 heteroatoms. The van der Waals surface area contributed by atoms with Gasteiger partial charge in [0.15, 0.2) is 5.82 Å². The Bertz CT molecular complexity index is 512. The smallest absolute Gasteiger partial charge is 0.166 e. The zero-order chi connectivity index (χ0) is 9.42. The van der Waals surface area contributed by atoms with Crippen molar-refractivity contribution in [1.29, 1.82) is 5.26 Å². The number of pyridine rings is 1. The number of H-pyrrole nitrogens is 1. The molecule has 0 aliphatic heterocycles. The molecular formula is C8H3ClFN3. The molecule has 0 saturated heterocycles. The first-order valence-electron chi connectivity index (χ1n) is 3.45. The summed E-state index contributed by atoms with van der Waals surface area (Å²) in [6.07, 6.45) is 1.16. The molecular weight excluding hydrogens is 193 g/mol. The van der Waals surface area contributed by atoms with Crippen LogP contribution in [0.1, 0.15) is 5.69 Å². The van der Waals surface area contributed by atoms with E-state index >= 15 is 0 Å². The molecule has 13 heavy (non-hydrogen) atoms. The van der Waals surface area contributed by atoms with E-state index in [4.69, 9.17) is 16.9 Å². The molecule has 2 aromatic heterocycles. The first-order valence-corrected chi connectivity index (χ1v) is 3.83. The summed E-state index contributed by atoms with van der Waals surface area (Å²) in [6.45, 7) is 0. The van der Waals surface area contributed by atoms with Crippen LogP contribution in [0.25, 0.3) is 11.0 Å². The van der Waals surface area contributed by atoms with E-state index in [1.165, 1.54) is 6.07 Å². The molecule has 0 aliphatic carbocycles. The molecule has 0 amide bonds. The monoisotopic (exact) mass is 195 g/mol. The van der Waals surface area contributed by atoms with Crippen LogP contribution in [0.5, 0.6) is 0 Å². The van der Waals surface area contributed by atoms with Crippen LogP contribution in [0, 0.1) is 17.1 Å². The van der Waals surface area contributed by atoms with Gasteiger partial charge in [-0.05, 0) is 6.07 Å². The van der Waals surface area contributed by atoms with E-state index in [9.17, 15) is 4.39 Å². The summed E-state index contributed by atoms with van der Waals surface area (Å²) in [5.41, 5.74) is 0.623. The minimum atomic E-state index is -0.506. The molecule has 0 bridgehead atoms. The molecule has 64 valence electrons. The molecule has 2 heterocycles. The number of halogens is 2. The molecule has 0 radical (unpaired) electrons. The Labute approximate surface area is 77.8 Å². The van der Waals surface area contributed by atoms with Gasteiger partial charge in [0.05, 0.1) is 10.5 Å². The minimum Gasteiger partial charge on any atom is -0.356 e. The third kappa shape index (κ3) is 1.14. The van der Waals surface area contributed by atoms with E-state index in [1.54, 1.807) is 6.07 Å². The van der Waals surface area contributed by atoms with Gasteiger partial charge in [-0.25, -0.2) is 9.37 Å². The van der Waals surface area contributed by atoms with Crippen LogP contribution in [-0.4, -0.2) is 9.97 Å². The van der Waals surface area contributed by atoms with E-state index in [2.05, 4.69) is 9.97 Å². The third-order valence-corrected chi connectivity index (χ3v) is 1.95. The summed E-state index contributed by atoms with van der Waals surface area (Å²) >= 11 is 5.77. The van der Waals surface area contributed by atoms with Gasteiger partial charge >= 0.3 is 0 Å². The van der Waals surface area contributed by atoms with Crippen molar-refractivity contribution in [2.75, 3.05) is 0 Å². The second-order valence-electron chi connectivity index (χ2n) is 2.46. The fraction of sp³-hybridized carbons (Fsp3) is 0. The summed E-state index contributed by atoms with van der Waals surface area (Å²) in [4.78, 5) is 6.39. The molecule has 0 aliphatic rings. The van der Waals surface area contributed by atoms with Crippen LogP contribution in [0.4, 0.5) is 4.39 Å². The zero-order valence-electron chi connectivity index (χ0n) is 6.31. The van der Waals surface area contributed by atoms with Gasteiger partial charge in [0.25, 0.3) is 0 Å². The van der Waals surface area contributed by atoms with Crippen LogP contribution in [0.3, 0.4) is 0 Å². The predicted octanol–water partition coefficient (Wildman–Crippen LogP) is 2.23. The number of rotatable bonds is 0. The van der Waals surface area contributed by atoms with Gasteiger partial charge in [0, 0.05) is 6.20 Å². The Kier molecular flexibility index (Phi) is 1.67. The van der Waals surface area contributed by atoms with Gasteiger partial charge in [0.2, 0.25) is 0 Å². The van der Waals surface area contributed by atoms with Crippen molar-refractivity contribution in [3.8, 4) is 6.07 Å². The predicted molar refractivity (Wildman–Crippen MR) is 45.8 cm³/mol. The lowest BCUT2D eigenvalue weighted by molar-refractivity contribution is 0.636. The molecule has 2 rings (SSSR count). The lowest BCUT2D eigenvalue weighted by Crippen LogP contribution is -1.84. The van der Waals surface area contributed by atoms with Crippen LogP contribution in [-0.2, 0) is 0 Å². The second-order valence-corrected chi connectivity index (χ2v) is 2.87. The number of fused-ring (bicyclic) bond motifs is 1. The highest BCUT2D eigenvalue weighted by Crippen LogP contribution is 2.23. The number of aromatic amines is 1. The zero-order valence-corrected chi connectivity index (χ0v) is 7.06. The molecule has 0 fully saturated rings. The first kappa shape index (κ1) is 8.02. The number of nitrogens with one attached hydrogen (secondary N) is 1. The van der Waals surface area contributed by atoms with Crippen LogP contribution in [0.15, 0.2) is 12.3 Å². The number of hydrogen-bond acceptors (Lipinski definition) is 2. The van der Waals surface area contributed by atoms with Crippen molar-refractivity contribution >= 4 is 22.6 Å². The minimum absolute atomic E-state index is 0.101. The Balaban J connectivity index is 2.90. The average molecular weight is 196 g/mol. The quantitative estimate of drug-likeness (QED) is 0.701. The Hall–Kier alpha value is -1.60. The molecule has 0 unspecified atom stereocenters. The van der Waals surface area contributed by atoms with E-state index in [0.717, 1.165) is 6.20 Å². The fourth-order valence-electron chi connectivity index (χ4n) is 1.09. The fourth-order valence-corrected chi connectivity index (χ4v) is 1.33. The van der Waals surface area contributed by atoms with Crippen molar-refractivity contribution in [2.24, 2.45) is 0 Å². The SMILES string of the molecule is N#Cc1cc(Cl)c2[nH]cc(F)c2n1. The third-order valence-electron chi connectivity index (χ3n) is 1.66. The maximum Gasteiger partial charge on any atom is 0.166 e.